The number of halogens is 3. The van der Waals surface area contributed by atoms with Crippen LogP contribution in [0.5, 0.6) is 0 Å². The van der Waals surface area contributed by atoms with Crippen LogP contribution in [-0.2, 0) is 13.4 Å². The quantitative estimate of drug-likeness (QED) is 0.113. The molecule has 0 amide bonds. The summed E-state index contributed by atoms with van der Waals surface area (Å²) in [7, 11) is 11.3. The number of nitro groups is 1. The van der Waals surface area contributed by atoms with Gasteiger partial charge in [0.15, 0.2) is 5.78 Å². The van der Waals surface area contributed by atoms with E-state index in [-0.39, 0.29) is 17.0 Å². The van der Waals surface area contributed by atoms with Crippen molar-refractivity contribution < 1.29 is 18.3 Å². The van der Waals surface area contributed by atoms with Crippen molar-refractivity contribution in [3.05, 3.63) is 45.5 Å². The second kappa shape index (κ2) is 7.78. The van der Waals surface area contributed by atoms with Gasteiger partial charge in [0.25, 0.3) is 10.9 Å². The molecule has 1 aromatic rings. The van der Waals surface area contributed by atoms with Gasteiger partial charge < -0.3 is 3.79 Å². The van der Waals surface area contributed by atoms with E-state index in [0.29, 0.717) is 0 Å². The number of benzene rings is 1. The molecule has 0 unspecified atom stereocenters. The van der Waals surface area contributed by atoms with Crippen LogP contribution in [0.2, 0.25) is 0 Å². The third kappa shape index (κ3) is 4.99. The van der Waals surface area contributed by atoms with E-state index in [4.69, 9.17) is 35.5 Å². The molecular weight excluding hydrogens is 359 g/mol. The second-order valence-electron chi connectivity index (χ2n) is 3.72. The van der Waals surface area contributed by atoms with E-state index in [1.807, 2.05) is 0 Å². The van der Waals surface area contributed by atoms with E-state index in [9.17, 15) is 19.7 Å². The van der Waals surface area contributed by atoms with Crippen LogP contribution >= 0.6 is 31.7 Å². The second-order valence-corrected chi connectivity index (χ2v) is 7.87. The number of ketones is 1. The molecule has 0 spiro atoms. The molecule has 1 rings (SSSR count). The van der Waals surface area contributed by atoms with Crippen molar-refractivity contribution in [3.63, 3.8) is 0 Å². The average molecular weight is 367 g/mol. The molecule has 0 saturated heterocycles. The Balaban J connectivity index is 3.43. The highest BCUT2D eigenvalue weighted by atomic mass is 35.7. The third-order valence-electron chi connectivity index (χ3n) is 2.32. The third-order valence-corrected chi connectivity index (χ3v) is 3.46. The lowest BCUT2D eigenvalue weighted by Gasteiger charge is -2.14. The molecule has 0 heterocycles. The molecule has 6 nitrogen and oxygen atoms in total. The van der Waals surface area contributed by atoms with Gasteiger partial charge in [-0.1, -0.05) is 0 Å². The van der Waals surface area contributed by atoms with Crippen LogP contribution in [-0.4, -0.2) is 28.6 Å². The summed E-state index contributed by atoms with van der Waals surface area (Å²) in [5, 5.41) is 9.58. The number of nitrogens with zero attached hydrogens (tertiary/aromatic N) is 1. The van der Waals surface area contributed by atoms with Crippen molar-refractivity contribution in [2.45, 2.75) is 6.92 Å². The zero-order valence-electron chi connectivity index (χ0n) is 10.5. The number of nitro benzene ring substituents is 1. The van der Waals surface area contributed by atoms with Gasteiger partial charge in [0.1, 0.15) is 11.3 Å². The van der Waals surface area contributed by atoms with Crippen LogP contribution < -0.4 is 0 Å². The van der Waals surface area contributed by atoms with Gasteiger partial charge in [-0.25, -0.2) is 0 Å². The van der Waals surface area contributed by atoms with Gasteiger partial charge in [-0.2, -0.15) is 20.1 Å². The molecule has 10 heteroatoms. The Labute approximate surface area is 137 Å². The molecule has 0 fully saturated rings. The maximum atomic E-state index is 11.5. The minimum Gasteiger partial charge on any atom is -0.619 e. The molecule has 1 aromatic carbocycles. The van der Waals surface area contributed by atoms with Gasteiger partial charge in [-0.3, -0.25) is 19.7 Å². The predicted octanol–water partition coefficient (Wildman–Crippen LogP) is 3.14. The van der Waals surface area contributed by atoms with Gasteiger partial charge in [0.2, 0.25) is 0 Å². The van der Waals surface area contributed by atoms with Crippen molar-refractivity contribution in [1.82, 2.24) is 0 Å². The molecule has 110 valence electrons. The Hall–Kier alpha value is -1.10. The zero-order valence-corrected chi connectivity index (χ0v) is 13.9. The fourth-order valence-electron chi connectivity index (χ4n) is 1.48. The van der Waals surface area contributed by atoms with E-state index in [0.717, 1.165) is 6.92 Å². The van der Waals surface area contributed by atoms with Crippen LogP contribution in [0, 0.1) is 10.1 Å². The van der Waals surface area contributed by atoms with E-state index in [2.05, 4.69) is 0 Å². The van der Waals surface area contributed by atoms with E-state index >= 15 is 0 Å². The first-order chi connectivity index (χ1) is 9.73. The van der Waals surface area contributed by atoms with Gasteiger partial charge >= 0.3 is 12.6 Å². The Bertz CT molecular complexity index is 599. The Morgan fingerprint density at radius 1 is 1.24 bits per heavy atom. The molecule has 0 aromatic heterocycles. The van der Waals surface area contributed by atoms with Crippen molar-refractivity contribution in [2.24, 2.45) is 0 Å². The fourth-order valence-corrected chi connectivity index (χ4v) is 2.67. The number of non-ortho nitro benzene ring substituents is 1. The molecule has 0 N–H and O–H groups in total. The van der Waals surface area contributed by atoms with Crippen molar-refractivity contribution in [1.29, 1.82) is 0 Å². The van der Waals surface area contributed by atoms with Crippen molar-refractivity contribution >= 4 is 66.8 Å². The summed E-state index contributed by atoms with van der Waals surface area (Å²) in [5.41, 5.74) is -0.340. The molecule has 0 atom stereocenters. The minimum absolute atomic E-state index is 0.162. The lowest BCUT2D eigenvalue weighted by Crippen LogP contribution is -2.12. The summed E-state index contributed by atoms with van der Waals surface area (Å²) in [4.78, 5) is 32.9. The summed E-state index contributed by atoms with van der Waals surface area (Å²) in [6.07, 6.45) is 0. The summed E-state index contributed by atoms with van der Waals surface area (Å²) in [6.45, 7) is 1.13. The van der Waals surface area contributed by atoms with E-state index < -0.39 is 34.2 Å². The first kappa shape index (κ1) is 18.0. The Morgan fingerprint density at radius 2 is 1.76 bits per heavy atom. The zero-order chi connectivity index (χ0) is 16.2. The van der Waals surface area contributed by atoms with E-state index in [1.165, 1.54) is 24.3 Å². The maximum Gasteiger partial charge on any atom is 0.815 e. The first-order valence-electron chi connectivity index (χ1n) is 5.38. The number of rotatable bonds is 6. The SMILES string of the molecule is CC(=O)/C(C(=O)Cl)=C(\[O][Al]([Cl])[Cl])c1ccc([N+](=O)[O-])cc1. The minimum atomic E-state index is -2.68. The number of hydrogen-bond acceptors (Lipinski definition) is 5. The summed E-state index contributed by atoms with van der Waals surface area (Å²) in [5.74, 6) is -0.814. The molecule has 0 aliphatic rings. The summed E-state index contributed by atoms with van der Waals surface area (Å²) < 4.78 is 5.17. The standard InChI is InChI=1S/C11H8ClNO5.Al.2ClH/c1-6(14)9(11(12)16)10(15)7-2-4-8(5-3-7)13(17)18;;;/h2-5,15H,1H3;;2*1H/q;+3;;/p-3/b10-9+;;;. The van der Waals surface area contributed by atoms with Crippen LogP contribution in [0.4, 0.5) is 5.69 Å². The van der Waals surface area contributed by atoms with Crippen LogP contribution in [0.25, 0.3) is 5.76 Å². The highest BCUT2D eigenvalue weighted by molar-refractivity contribution is 7.31. The molecule has 0 aliphatic heterocycles. The Morgan fingerprint density at radius 3 is 2.10 bits per heavy atom. The lowest BCUT2D eigenvalue weighted by molar-refractivity contribution is -0.384. The fraction of sp³-hybridized carbons (Fsp3) is 0.0909. The average Bonchev–Trinajstić information content (AvgIpc) is 2.36. The smallest absolute Gasteiger partial charge is 0.619 e. The monoisotopic (exact) mass is 365 g/mol. The van der Waals surface area contributed by atoms with Crippen LogP contribution in [0.1, 0.15) is 12.5 Å². The largest absolute Gasteiger partial charge is 0.815 e. The summed E-state index contributed by atoms with van der Waals surface area (Å²) in [6, 6.07) is 4.99. The van der Waals surface area contributed by atoms with Crippen LogP contribution in [0.15, 0.2) is 29.8 Å². The number of carbonyl (C=O) groups is 2. The highest BCUT2D eigenvalue weighted by Crippen LogP contribution is 2.26. The number of allylic oxidation sites excluding steroid dienone is 1. The van der Waals surface area contributed by atoms with Crippen molar-refractivity contribution in [3.8, 4) is 0 Å². The number of carbonyl (C=O) groups excluding carboxylic acids is 2. The molecule has 0 saturated carbocycles. The molecule has 0 radical (unpaired) electrons. The van der Waals surface area contributed by atoms with E-state index in [1.54, 1.807) is 0 Å². The van der Waals surface area contributed by atoms with Crippen LogP contribution in [0.3, 0.4) is 0 Å². The molecule has 0 bridgehead atoms. The maximum absolute atomic E-state index is 11.5. The van der Waals surface area contributed by atoms with Gasteiger partial charge in [-0.15, -0.1) is 0 Å². The highest BCUT2D eigenvalue weighted by Gasteiger charge is 2.27. The molecule has 0 aliphatic carbocycles. The molecule has 21 heavy (non-hydrogen) atoms. The number of Topliss-reactive ketones (excluding diaryl/α,β-unsaturated/α-hetero) is 1. The molecular formula is C11H7AlCl3NO5. The van der Waals surface area contributed by atoms with Gasteiger partial charge in [-0.05, 0) is 30.7 Å². The summed E-state index contributed by atoms with van der Waals surface area (Å²) >= 11 is 2.69. The van der Waals surface area contributed by atoms with Crippen molar-refractivity contribution in [2.75, 3.05) is 0 Å². The van der Waals surface area contributed by atoms with Gasteiger partial charge in [0.05, 0.1) is 4.92 Å². The predicted molar refractivity (Wildman–Crippen MR) is 80.1 cm³/mol. The first-order valence-corrected chi connectivity index (χ1v) is 9.72. The normalized spacial score (nSPS) is 11.4. The van der Waals surface area contributed by atoms with Gasteiger partial charge in [0, 0.05) is 17.7 Å². The lowest BCUT2D eigenvalue weighted by atomic mass is 10.1. The Kier molecular flexibility index (Phi) is 6.65. The number of hydrogen-bond donors (Lipinski definition) is 0. The topological polar surface area (TPSA) is 86.5 Å².